The summed E-state index contributed by atoms with van der Waals surface area (Å²) in [7, 11) is 13.1. The van der Waals surface area contributed by atoms with E-state index in [0.717, 1.165) is 12.1 Å². The second-order valence-electron chi connectivity index (χ2n) is 9.14. The van der Waals surface area contributed by atoms with Crippen molar-refractivity contribution in [2.75, 3.05) is 108 Å². The molecule has 0 aromatic heterocycles. The van der Waals surface area contributed by atoms with Gasteiger partial charge in [0.15, 0.2) is 0 Å². The van der Waals surface area contributed by atoms with Crippen LogP contribution in [0.1, 0.15) is 35.1 Å². The Hall–Kier alpha value is -0.240. The van der Waals surface area contributed by atoms with E-state index in [1.54, 1.807) is 0 Å². The van der Waals surface area contributed by atoms with E-state index in [-0.39, 0.29) is 14.9 Å². The quantitative estimate of drug-likeness (QED) is 0.598. The third-order valence-electron chi connectivity index (χ3n) is 6.28. The second kappa shape index (κ2) is 16.5. The van der Waals surface area contributed by atoms with Crippen molar-refractivity contribution in [3.8, 4) is 0 Å². The van der Waals surface area contributed by atoms with Crippen LogP contribution < -0.4 is 0 Å². The highest BCUT2D eigenvalue weighted by molar-refractivity contribution is 4.80. The molecule has 3 aliphatic rings. The van der Waals surface area contributed by atoms with E-state index >= 15 is 0 Å². The molecule has 0 aliphatic carbocycles. The third-order valence-corrected chi connectivity index (χ3v) is 6.28. The highest BCUT2D eigenvalue weighted by atomic mass is 15.3. The smallest absolute Gasteiger partial charge is 0.0192 e. The highest BCUT2D eigenvalue weighted by Gasteiger charge is 2.23. The molecule has 3 saturated heterocycles. The number of hydrogen-bond donors (Lipinski definition) is 0. The average Bonchev–Trinajstić information content (AvgIpc) is 2.81. The molecule has 0 amide bonds. The number of rotatable bonds is 0. The molecule has 6 nitrogen and oxygen atoms in total. The predicted molar refractivity (Wildman–Crippen MR) is 132 cm³/mol. The lowest BCUT2D eigenvalue weighted by Gasteiger charge is -2.40. The van der Waals surface area contributed by atoms with Crippen molar-refractivity contribution >= 4 is 0 Å². The number of nitrogens with zero attached hydrogens (tertiary/aromatic N) is 6. The van der Waals surface area contributed by atoms with Gasteiger partial charge in [0.05, 0.1) is 0 Å². The lowest BCUT2D eigenvalue weighted by molar-refractivity contribution is 0.0803. The van der Waals surface area contributed by atoms with E-state index in [4.69, 9.17) is 0 Å². The van der Waals surface area contributed by atoms with E-state index in [0.29, 0.717) is 0 Å². The minimum absolute atomic E-state index is 0. The molecule has 0 N–H and O–H groups in total. The second-order valence-corrected chi connectivity index (χ2v) is 9.14. The number of piperazine rings is 2. The van der Waals surface area contributed by atoms with Crippen LogP contribution in [0.3, 0.4) is 0 Å². The van der Waals surface area contributed by atoms with Crippen molar-refractivity contribution in [1.82, 2.24) is 29.4 Å². The average molecular weight is 417 g/mol. The molecule has 0 aromatic carbocycles. The van der Waals surface area contributed by atoms with Gasteiger partial charge in [-0.3, -0.25) is 0 Å². The van der Waals surface area contributed by atoms with Gasteiger partial charge in [-0.15, -0.1) is 0 Å². The minimum atomic E-state index is 0. The van der Waals surface area contributed by atoms with E-state index < -0.39 is 0 Å². The van der Waals surface area contributed by atoms with Crippen LogP contribution >= 0.6 is 0 Å². The molecule has 3 rings (SSSR count). The fourth-order valence-electron chi connectivity index (χ4n) is 3.55. The Morgan fingerprint density at radius 3 is 0.966 bits per heavy atom. The van der Waals surface area contributed by atoms with Gasteiger partial charge in [0.2, 0.25) is 0 Å². The zero-order valence-electron chi connectivity index (χ0n) is 19.6. The first-order valence-electron chi connectivity index (χ1n) is 10.8. The van der Waals surface area contributed by atoms with Crippen molar-refractivity contribution in [3.63, 3.8) is 0 Å². The summed E-state index contributed by atoms with van der Waals surface area (Å²) in [6.45, 7) is 16.9. The molecule has 29 heavy (non-hydrogen) atoms. The van der Waals surface area contributed by atoms with Gasteiger partial charge in [-0.05, 0) is 75.6 Å². The third kappa shape index (κ3) is 13.6. The largest absolute Gasteiger partial charge is 0.305 e. The minimum Gasteiger partial charge on any atom is -0.305 e. The first-order valence-corrected chi connectivity index (χ1v) is 10.8. The Morgan fingerprint density at radius 1 is 0.448 bits per heavy atom. The Balaban J connectivity index is 0. The fourth-order valence-corrected chi connectivity index (χ4v) is 3.55. The lowest BCUT2D eigenvalue weighted by Crippen LogP contribution is -2.53. The first-order chi connectivity index (χ1) is 12.7. The van der Waals surface area contributed by atoms with Crippen molar-refractivity contribution in [2.45, 2.75) is 47.2 Å². The van der Waals surface area contributed by atoms with Crippen LogP contribution in [0.4, 0.5) is 0 Å². The molecule has 6 heteroatoms. The maximum atomic E-state index is 2.42. The zero-order valence-corrected chi connectivity index (χ0v) is 19.6. The monoisotopic (exact) mass is 416 g/mol. The Kier molecular flexibility index (Phi) is 17.6. The molecule has 0 aromatic rings. The highest BCUT2D eigenvalue weighted by Crippen LogP contribution is 2.10. The summed E-state index contributed by atoms with van der Waals surface area (Å²) in [6, 6.07) is 1.45. The van der Waals surface area contributed by atoms with Gasteiger partial charge in [-0.25, -0.2) is 0 Å². The van der Waals surface area contributed by atoms with Crippen molar-refractivity contribution in [3.05, 3.63) is 0 Å². The van der Waals surface area contributed by atoms with Crippen LogP contribution in [0.5, 0.6) is 0 Å². The first kappa shape index (κ1) is 30.9. The molecule has 3 fully saturated rings. The lowest BCUT2D eigenvalue weighted by atomic mass is 10.1. The van der Waals surface area contributed by atoms with Crippen LogP contribution in [0.2, 0.25) is 0 Å². The Morgan fingerprint density at radius 2 is 0.690 bits per heavy atom. The Labute approximate surface area is 184 Å². The summed E-state index contributed by atoms with van der Waals surface area (Å²) in [4.78, 5) is 14.3. The molecule has 0 spiro atoms. The summed E-state index contributed by atoms with van der Waals surface area (Å²) in [5.41, 5.74) is 0. The van der Waals surface area contributed by atoms with Gasteiger partial charge in [0, 0.05) is 64.4 Å². The van der Waals surface area contributed by atoms with Gasteiger partial charge in [-0.1, -0.05) is 14.9 Å². The van der Waals surface area contributed by atoms with Crippen LogP contribution in [0, 0.1) is 0 Å². The maximum Gasteiger partial charge on any atom is 0.0192 e. The molecule has 2 unspecified atom stereocenters. The normalized spacial score (nSPS) is 28.6. The van der Waals surface area contributed by atoms with Crippen LogP contribution in [0.25, 0.3) is 0 Å². The molecule has 178 valence electrons. The molecular weight excluding hydrogens is 360 g/mol. The topological polar surface area (TPSA) is 19.4 Å². The van der Waals surface area contributed by atoms with Crippen molar-refractivity contribution in [1.29, 1.82) is 0 Å². The number of hydrogen-bond acceptors (Lipinski definition) is 6. The van der Waals surface area contributed by atoms with Gasteiger partial charge in [-0.2, -0.15) is 0 Å². The maximum absolute atomic E-state index is 2.42. The van der Waals surface area contributed by atoms with Crippen LogP contribution in [-0.4, -0.2) is 149 Å². The van der Waals surface area contributed by atoms with Gasteiger partial charge >= 0.3 is 0 Å². The molecule has 2 atom stereocenters. The molecule has 0 radical (unpaired) electrons. The molecule has 0 bridgehead atoms. The van der Waals surface area contributed by atoms with Crippen molar-refractivity contribution in [2.24, 2.45) is 0 Å². The summed E-state index contributed by atoms with van der Waals surface area (Å²) in [5, 5.41) is 0. The standard InChI is InChI=1S/C8H18N2.C7H16N2.C6H14N2.2CH4/c1-7-5-10(4)8(2)6-9(7)3;1-8-4-3-5-9(2)7-6-8;1-7-3-5-8(2)6-4-7;;/h7-8H,5-6H2,1-4H3;3-7H2,1-2H3;3-6H2,1-2H3;2*1H4. The van der Waals surface area contributed by atoms with Crippen molar-refractivity contribution < 1.29 is 0 Å². The zero-order chi connectivity index (χ0) is 20.4. The Bertz CT molecular complexity index is 326. The molecule has 0 saturated carbocycles. The number of likely N-dealkylation sites (N-methyl/N-ethyl adjacent to an activating group) is 6. The van der Waals surface area contributed by atoms with E-state index in [1.807, 2.05) is 0 Å². The van der Waals surface area contributed by atoms with Gasteiger partial charge in [0.1, 0.15) is 0 Å². The molecule has 3 heterocycles. The fraction of sp³-hybridized carbons (Fsp3) is 1.00. The van der Waals surface area contributed by atoms with Gasteiger partial charge < -0.3 is 29.4 Å². The van der Waals surface area contributed by atoms with E-state index in [2.05, 4.69) is 85.5 Å². The summed E-state index contributed by atoms with van der Waals surface area (Å²) >= 11 is 0. The van der Waals surface area contributed by atoms with Crippen LogP contribution in [-0.2, 0) is 0 Å². The molecular formula is C23H56N6. The molecule has 3 aliphatic heterocycles. The summed E-state index contributed by atoms with van der Waals surface area (Å²) in [6.07, 6.45) is 1.33. The summed E-state index contributed by atoms with van der Waals surface area (Å²) < 4.78 is 0. The van der Waals surface area contributed by atoms with Crippen LogP contribution in [0.15, 0.2) is 0 Å². The van der Waals surface area contributed by atoms with Gasteiger partial charge in [0.25, 0.3) is 0 Å². The summed E-state index contributed by atoms with van der Waals surface area (Å²) in [5.74, 6) is 0. The van der Waals surface area contributed by atoms with E-state index in [9.17, 15) is 0 Å². The SMILES string of the molecule is C.C.CC1CN(C)C(C)CN1C.CN1CCCN(C)CC1.CN1CCN(C)CC1. The van der Waals surface area contributed by atoms with E-state index in [1.165, 1.54) is 71.9 Å². The predicted octanol–water partition coefficient (Wildman–Crippen LogP) is 2.03.